The first-order chi connectivity index (χ1) is 7.27. The van der Waals surface area contributed by atoms with E-state index in [0.29, 0.717) is 25.3 Å². The zero-order valence-electron chi connectivity index (χ0n) is 8.89. The minimum Gasteiger partial charge on any atom is -0.392 e. The van der Waals surface area contributed by atoms with Gasteiger partial charge in [0.2, 0.25) is 0 Å². The van der Waals surface area contributed by atoms with Crippen molar-refractivity contribution in [3.63, 3.8) is 0 Å². The van der Waals surface area contributed by atoms with Gasteiger partial charge in [-0.2, -0.15) is 0 Å². The summed E-state index contributed by atoms with van der Waals surface area (Å²) in [5.41, 5.74) is 0. The number of aldehydes is 2. The summed E-state index contributed by atoms with van der Waals surface area (Å²) in [5.74, 6) is -0.220. The van der Waals surface area contributed by atoms with E-state index in [4.69, 9.17) is 0 Å². The monoisotopic (exact) mass is 213 g/mol. The van der Waals surface area contributed by atoms with Gasteiger partial charge in [0.05, 0.1) is 6.10 Å². The zero-order valence-corrected chi connectivity index (χ0v) is 8.89. The van der Waals surface area contributed by atoms with Crippen molar-refractivity contribution in [2.75, 3.05) is 6.54 Å². The van der Waals surface area contributed by atoms with Crippen LogP contribution in [0.3, 0.4) is 0 Å². The van der Waals surface area contributed by atoms with Gasteiger partial charge in [0.15, 0.2) is 0 Å². The third-order valence-electron chi connectivity index (χ3n) is 2.97. The lowest BCUT2D eigenvalue weighted by Gasteiger charge is -2.30. The standard InChI is InChI=1S/C11H19NO3/c13-6-2-1-5-12-10-3-4-11(15)9(7-10)8-14/h6,8-12,15H,1-5,7H2. The molecule has 3 unspecified atom stereocenters. The lowest BCUT2D eigenvalue weighted by atomic mass is 9.84. The highest BCUT2D eigenvalue weighted by atomic mass is 16.3. The largest absolute Gasteiger partial charge is 0.392 e. The molecule has 0 aromatic rings. The van der Waals surface area contributed by atoms with Gasteiger partial charge in [0.1, 0.15) is 12.6 Å². The Morgan fingerprint density at radius 3 is 2.80 bits per heavy atom. The number of hydrogen-bond donors (Lipinski definition) is 2. The maximum Gasteiger partial charge on any atom is 0.125 e. The summed E-state index contributed by atoms with van der Waals surface area (Å²) in [4.78, 5) is 20.7. The highest BCUT2D eigenvalue weighted by Gasteiger charge is 2.28. The van der Waals surface area contributed by atoms with Crippen molar-refractivity contribution in [3.8, 4) is 0 Å². The van der Waals surface area contributed by atoms with Crippen molar-refractivity contribution in [2.24, 2.45) is 5.92 Å². The van der Waals surface area contributed by atoms with Crippen LogP contribution >= 0.6 is 0 Å². The lowest BCUT2D eigenvalue weighted by molar-refractivity contribution is -0.116. The predicted molar refractivity (Wildman–Crippen MR) is 56.5 cm³/mol. The predicted octanol–water partition coefficient (Wildman–Crippen LogP) is 0.284. The average Bonchev–Trinajstić information content (AvgIpc) is 2.26. The second kappa shape index (κ2) is 6.69. The van der Waals surface area contributed by atoms with Crippen LogP contribution in [0.2, 0.25) is 0 Å². The van der Waals surface area contributed by atoms with E-state index in [1.54, 1.807) is 0 Å². The molecule has 0 aromatic carbocycles. The Hall–Kier alpha value is -0.740. The van der Waals surface area contributed by atoms with Gasteiger partial charge in [-0.1, -0.05) is 0 Å². The van der Waals surface area contributed by atoms with Crippen LogP contribution < -0.4 is 5.32 Å². The summed E-state index contributed by atoms with van der Waals surface area (Å²) in [6, 6.07) is 0.315. The Kier molecular flexibility index (Phi) is 5.50. The van der Waals surface area contributed by atoms with Gasteiger partial charge in [-0.25, -0.2) is 0 Å². The molecular weight excluding hydrogens is 194 g/mol. The van der Waals surface area contributed by atoms with Gasteiger partial charge >= 0.3 is 0 Å². The van der Waals surface area contributed by atoms with Crippen molar-refractivity contribution in [3.05, 3.63) is 0 Å². The zero-order chi connectivity index (χ0) is 11.1. The van der Waals surface area contributed by atoms with E-state index in [1.165, 1.54) is 0 Å². The van der Waals surface area contributed by atoms with Crippen molar-refractivity contribution in [1.29, 1.82) is 0 Å². The van der Waals surface area contributed by atoms with Gasteiger partial charge in [0, 0.05) is 18.4 Å². The molecule has 4 heteroatoms. The SMILES string of the molecule is O=CCCCNC1CCC(O)C(C=O)C1. The number of nitrogens with one attached hydrogen (secondary N) is 1. The highest BCUT2D eigenvalue weighted by molar-refractivity contribution is 5.54. The molecular formula is C11H19NO3. The molecule has 0 amide bonds. The Bertz CT molecular complexity index is 208. The maximum absolute atomic E-state index is 10.7. The second-order valence-electron chi connectivity index (χ2n) is 4.14. The molecule has 0 radical (unpaired) electrons. The summed E-state index contributed by atoms with van der Waals surface area (Å²) in [6.07, 6.45) is 5.04. The molecule has 0 heterocycles. The van der Waals surface area contributed by atoms with E-state index >= 15 is 0 Å². The van der Waals surface area contributed by atoms with E-state index in [2.05, 4.69) is 5.32 Å². The first-order valence-electron chi connectivity index (χ1n) is 5.58. The van der Waals surface area contributed by atoms with Crippen LogP contribution in [0.5, 0.6) is 0 Å². The Balaban J connectivity index is 2.20. The maximum atomic E-state index is 10.7. The molecule has 1 fully saturated rings. The Morgan fingerprint density at radius 2 is 2.13 bits per heavy atom. The molecule has 15 heavy (non-hydrogen) atoms. The molecule has 2 N–H and O–H groups in total. The third-order valence-corrected chi connectivity index (χ3v) is 2.97. The fraction of sp³-hybridized carbons (Fsp3) is 0.818. The molecule has 0 saturated heterocycles. The minimum absolute atomic E-state index is 0.220. The molecule has 0 aromatic heterocycles. The number of aliphatic hydroxyl groups excluding tert-OH is 1. The number of carbonyl (C=O) groups is 2. The van der Waals surface area contributed by atoms with E-state index in [1.807, 2.05) is 0 Å². The van der Waals surface area contributed by atoms with Gasteiger partial charge in [-0.15, -0.1) is 0 Å². The van der Waals surface area contributed by atoms with E-state index < -0.39 is 6.10 Å². The van der Waals surface area contributed by atoms with Crippen LogP contribution in [0.1, 0.15) is 32.1 Å². The minimum atomic E-state index is -0.462. The molecule has 4 nitrogen and oxygen atoms in total. The molecule has 3 atom stereocenters. The summed E-state index contributed by atoms with van der Waals surface area (Å²) < 4.78 is 0. The lowest BCUT2D eigenvalue weighted by Crippen LogP contribution is -2.40. The molecule has 0 spiro atoms. The van der Waals surface area contributed by atoms with Gasteiger partial charge in [0.25, 0.3) is 0 Å². The van der Waals surface area contributed by atoms with Crippen LogP contribution in [0.25, 0.3) is 0 Å². The van der Waals surface area contributed by atoms with E-state index in [9.17, 15) is 14.7 Å². The summed E-state index contributed by atoms with van der Waals surface area (Å²) in [7, 11) is 0. The second-order valence-corrected chi connectivity index (χ2v) is 4.14. The van der Waals surface area contributed by atoms with Crippen LogP contribution in [-0.4, -0.2) is 36.4 Å². The number of hydrogen-bond acceptors (Lipinski definition) is 4. The fourth-order valence-electron chi connectivity index (χ4n) is 2.01. The molecule has 86 valence electrons. The van der Waals surface area contributed by atoms with Gasteiger partial charge < -0.3 is 20.0 Å². The Morgan fingerprint density at radius 1 is 1.33 bits per heavy atom. The van der Waals surface area contributed by atoms with E-state index in [0.717, 1.165) is 32.0 Å². The van der Waals surface area contributed by atoms with Crippen molar-refractivity contribution < 1.29 is 14.7 Å². The summed E-state index contributed by atoms with van der Waals surface area (Å²) >= 11 is 0. The van der Waals surface area contributed by atoms with Crippen LogP contribution in [0.4, 0.5) is 0 Å². The molecule has 1 aliphatic carbocycles. The van der Waals surface area contributed by atoms with Crippen LogP contribution in [0, 0.1) is 5.92 Å². The highest BCUT2D eigenvalue weighted by Crippen LogP contribution is 2.23. The molecule has 0 aliphatic heterocycles. The van der Waals surface area contributed by atoms with Crippen LogP contribution in [0.15, 0.2) is 0 Å². The summed E-state index contributed by atoms with van der Waals surface area (Å²) in [5, 5.41) is 12.8. The number of carbonyl (C=O) groups excluding carboxylic acids is 2. The van der Waals surface area contributed by atoms with Crippen molar-refractivity contribution in [1.82, 2.24) is 5.32 Å². The first-order valence-corrected chi connectivity index (χ1v) is 5.58. The van der Waals surface area contributed by atoms with Gasteiger partial charge in [-0.05, 0) is 32.2 Å². The summed E-state index contributed by atoms with van der Waals surface area (Å²) in [6.45, 7) is 0.811. The van der Waals surface area contributed by atoms with Crippen LogP contribution in [-0.2, 0) is 9.59 Å². The number of rotatable bonds is 6. The number of unbranched alkanes of at least 4 members (excludes halogenated alkanes) is 1. The third kappa shape index (κ3) is 4.10. The first kappa shape index (κ1) is 12.3. The van der Waals surface area contributed by atoms with E-state index in [-0.39, 0.29) is 5.92 Å². The Labute approximate surface area is 90.0 Å². The average molecular weight is 213 g/mol. The van der Waals surface area contributed by atoms with Crippen molar-refractivity contribution >= 4 is 12.6 Å². The fourth-order valence-corrected chi connectivity index (χ4v) is 2.01. The normalized spacial score (nSPS) is 31.1. The molecule has 0 bridgehead atoms. The quantitative estimate of drug-likeness (QED) is 0.491. The molecule has 1 aliphatic rings. The van der Waals surface area contributed by atoms with Gasteiger partial charge in [-0.3, -0.25) is 0 Å². The van der Waals surface area contributed by atoms with Crippen molar-refractivity contribution in [2.45, 2.75) is 44.2 Å². The number of aliphatic hydroxyl groups is 1. The topological polar surface area (TPSA) is 66.4 Å². The smallest absolute Gasteiger partial charge is 0.125 e. The molecule has 1 rings (SSSR count). The molecule has 1 saturated carbocycles.